The molecule has 37 heavy (non-hydrogen) atoms. The smallest absolute Gasteiger partial charge is 0.282 e. The second kappa shape index (κ2) is 12.9. The number of alkyl halides is 2. The fourth-order valence-corrected chi connectivity index (χ4v) is 4.35. The van der Waals surface area contributed by atoms with E-state index in [4.69, 9.17) is 30.5 Å². The number of thiazole rings is 1. The summed E-state index contributed by atoms with van der Waals surface area (Å²) >= 11 is 6.95. The van der Waals surface area contributed by atoms with E-state index in [2.05, 4.69) is 15.5 Å². The van der Waals surface area contributed by atoms with Crippen LogP contribution in [0.1, 0.15) is 24.6 Å². The third-order valence-electron chi connectivity index (χ3n) is 5.09. The summed E-state index contributed by atoms with van der Waals surface area (Å²) in [6, 6.07) is 14.4. The van der Waals surface area contributed by atoms with Crippen LogP contribution in [0.2, 0.25) is 4.34 Å². The Hall–Kier alpha value is -3.19. The molecule has 0 spiro atoms. The molecule has 2 heterocycles. The molecule has 0 bridgehead atoms. The van der Waals surface area contributed by atoms with Crippen molar-refractivity contribution in [1.82, 2.24) is 10.4 Å². The van der Waals surface area contributed by atoms with E-state index in [1.165, 1.54) is 10.2 Å². The van der Waals surface area contributed by atoms with Gasteiger partial charge in [-0.3, -0.25) is 5.43 Å². The molecule has 0 aliphatic carbocycles. The number of nitrogens with one attached hydrogen (secondary N) is 1. The number of hydrogen-bond acceptors (Lipinski definition) is 10. The number of benzene rings is 2. The molecule has 0 amide bonds. The van der Waals surface area contributed by atoms with Gasteiger partial charge in [-0.05, 0) is 55.5 Å². The second-order valence-corrected chi connectivity index (χ2v) is 9.08. The van der Waals surface area contributed by atoms with Crippen molar-refractivity contribution in [3.8, 4) is 11.5 Å². The normalized spacial score (nSPS) is 13.2. The Bertz CT molecular complexity index is 1180. The van der Waals surface area contributed by atoms with Crippen LogP contribution in [0.5, 0.6) is 11.5 Å². The van der Waals surface area contributed by atoms with E-state index in [1.807, 2.05) is 31.2 Å². The Morgan fingerprint density at radius 1 is 0.973 bits per heavy atom. The van der Waals surface area contributed by atoms with Gasteiger partial charge in [-0.25, -0.2) is 13.8 Å². The zero-order chi connectivity index (χ0) is 26.2. The summed E-state index contributed by atoms with van der Waals surface area (Å²) in [5, 5.41) is 7.84. The van der Waals surface area contributed by atoms with Crippen molar-refractivity contribution in [2.24, 2.45) is 5.10 Å². The summed E-state index contributed by atoms with van der Waals surface area (Å²) in [4.78, 5) is 4.03. The zero-order valence-electron chi connectivity index (χ0n) is 20.2. The molecule has 0 fully saturated rings. The maximum Gasteiger partial charge on any atom is 0.282 e. The molecule has 0 atom stereocenters. The molecule has 1 N–H and O–H groups in total. The van der Waals surface area contributed by atoms with Crippen molar-refractivity contribution in [3.05, 3.63) is 64.1 Å². The minimum Gasteiger partial charge on any atom is -0.497 e. The van der Waals surface area contributed by atoms with Crippen LogP contribution in [0, 0.1) is 0 Å². The van der Waals surface area contributed by atoms with Crippen LogP contribution in [-0.4, -0.2) is 51.0 Å². The molecule has 0 saturated heterocycles. The molecular weight excluding hydrogens is 528 g/mol. The first-order valence-electron chi connectivity index (χ1n) is 11.4. The summed E-state index contributed by atoms with van der Waals surface area (Å²) in [5.74, 6) is 1.82. The van der Waals surface area contributed by atoms with Crippen molar-refractivity contribution in [1.29, 1.82) is 0 Å². The first kappa shape index (κ1) is 26.9. The molecule has 13 heteroatoms. The number of hydrogen-bond donors (Lipinski definition) is 1. The molecule has 9 nitrogen and oxygen atoms in total. The number of amidine groups is 1. The van der Waals surface area contributed by atoms with Gasteiger partial charge in [0.05, 0.1) is 32.6 Å². The molecule has 4 rings (SSSR count). The molecule has 2 aromatic carbocycles. The maximum atomic E-state index is 13.3. The average Bonchev–Trinajstić information content (AvgIpc) is 3.53. The molecular formula is C24H26ClF2N5O4S. The molecule has 198 valence electrons. The predicted molar refractivity (Wildman–Crippen MR) is 139 cm³/mol. The first-order valence-corrected chi connectivity index (χ1v) is 12.6. The highest BCUT2D eigenvalue weighted by Gasteiger charge is 2.31. The van der Waals surface area contributed by atoms with Crippen LogP contribution in [0.25, 0.3) is 0 Å². The van der Waals surface area contributed by atoms with Crippen LogP contribution in [0.4, 0.5) is 19.6 Å². The van der Waals surface area contributed by atoms with Gasteiger partial charge in [0.2, 0.25) is 5.13 Å². The minimum absolute atomic E-state index is 0.0849. The van der Waals surface area contributed by atoms with Crippen LogP contribution in [0.3, 0.4) is 0 Å². The van der Waals surface area contributed by atoms with E-state index in [1.54, 1.807) is 31.4 Å². The van der Waals surface area contributed by atoms with Gasteiger partial charge in [-0.1, -0.05) is 22.9 Å². The van der Waals surface area contributed by atoms with E-state index in [9.17, 15) is 8.78 Å². The fourth-order valence-electron chi connectivity index (χ4n) is 3.27. The summed E-state index contributed by atoms with van der Waals surface area (Å²) in [7, 11) is 1.57. The maximum absolute atomic E-state index is 13.3. The van der Waals surface area contributed by atoms with E-state index >= 15 is 0 Å². The average molecular weight is 554 g/mol. The Kier molecular flexibility index (Phi) is 9.34. The third-order valence-corrected chi connectivity index (χ3v) is 6.35. The highest BCUT2D eigenvalue weighted by molar-refractivity contribution is 7.19. The highest BCUT2D eigenvalue weighted by Crippen LogP contribution is 2.38. The fraction of sp³-hybridized carbons (Fsp3) is 0.333. The second-order valence-electron chi connectivity index (χ2n) is 7.50. The Balaban J connectivity index is 1.48. The Morgan fingerprint density at radius 3 is 2.30 bits per heavy atom. The lowest BCUT2D eigenvalue weighted by Gasteiger charge is -2.25. The largest absolute Gasteiger partial charge is 0.497 e. The van der Waals surface area contributed by atoms with Crippen molar-refractivity contribution in [2.75, 3.05) is 50.4 Å². The third kappa shape index (κ3) is 6.77. The van der Waals surface area contributed by atoms with Gasteiger partial charge in [0.25, 0.3) is 6.43 Å². The number of hydrazone groups is 1. The van der Waals surface area contributed by atoms with Gasteiger partial charge in [0.15, 0.2) is 5.84 Å². The lowest BCUT2D eigenvalue weighted by Crippen LogP contribution is -2.44. The Labute approximate surface area is 222 Å². The van der Waals surface area contributed by atoms with Gasteiger partial charge in [-0.2, -0.15) is 0 Å². The van der Waals surface area contributed by atoms with Crippen molar-refractivity contribution >= 4 is 39.6 Å². The summed E-state index contributed by atoms with van der Waals surface area (Å²) in [6.07, 6.45) is -2.79. The van der Waals surface area contributed by atoms with Gasteiger partial charge >= 0.3 is 0 Å². The zero-order valence-corrected chi connectivity index (χ0v) is 21.8. The number of methoxy groups -OCH3 is 1. The standard InChI is InChI=1S/C24H26ClF2N5O4S/c1-3-34-12-13-35-14-15-36-19-8-4-16(5-9-19)23-29-31(17-6-10-18(33-2)11-7-17)32(30-23)24-28-20(22(26)27)21(25)37-24/h4-11,22H,3,12-15H2,1-2H3,(H,29,30). The summed E-state index contributed by atoms with van der Waals surface area (Å²) in [5.41, 5.74) is 4.05. The van der Waals surface area contributed by atoms with E-state index in [0.29, 0.717) is 56.1 Å². The summed E-state index contributed by atoms with van der Waals surface area (Å²) in [6.45, 7) is 4.53. The number of hydrazine groups is 2. The van der Waals surface area contributed by atoms with Gasteiger partial charge in [0, 0.05) is 12.2 Å². The number of halogens is 3. The highest BCUT2D eigenvalue weighted by atomic mass is 35.5. The lowest BCUT2D eigenvalue weighted by atomic mass is 10.2. The molecule has 3 aromatic rings. The van der Waals surface area contributed by atoms with Crippen molar-refractivity contribution in [3.63, 3.8) is 0 Å². The first-order chi connectivity index (χ1) is 18.0. The van der Waals surface area contributed by atoms with E-state index in [0.717, 1.165) is 16.9 Å². The molecule has 0 radical (unpaired) electrons. The molecule has 1 aliphatic rings. The van der Waals surface area contributed by atoms with Crippen LogP contribution >= 0.6 is 22.9 Å². The minimum atomic E-state index is -2.79. The monoisotopic (exact) mass is 553 g/mol. The van der Waals surface area contributed by atoms with Crippen molar-refractivity contribution < 1.29 is 27.7 Å². The van der Waals surface area contributed by atoms with Crippen LogP contribution in [0.15, 0.2) is 53.6 Å². The van der Waals surface area contributed by atoms with Crippen LogP contribution < -0.4 is 25.1 Å². The number of ether oxygens (including phenoxy) is 4. The van der Waals surface area contributed by atoms with E-state index < -0.39 is 12.1 Å². The van der Waals surface area contributed by atoms with Gasteiger partial charge in [0.1, 0.15) is 28.1 Å². The number of aromatic nitrogens is 1. The molecule has 0 saturated carbocycles. The van der Waals surface area contributed by atoms with Crippen LogP contribution in [-0.2, 0) is 9.47 Å². The topological polar surface area (TPSA) is 80.7 Å². The SMILES string of the molecule is CCOCCOCCOc1ccc(C2=NN(c3ccc(OC)cc3)N(c3nc(C(F)F)c(Cl)s3)N2)cc1. The number of anilines is 2. The van der Waals surface area contributed by atoms with E-state index in [-0.39, 0.29) is 9.47 Å². The molecule has 1 aromatic heterocycles. The molecule has 0 unspecified atom stereocenters. The number of nitrogens with zero attached hydrogens (tertiary/aromatic N) is 4. The van der Waals surface area contributed by atoms with Gasteiger partial charge < -0.3 is 18.9 Å². The quantitative estimate of drug-likeness (QED) is 0.286. The number of rotatable bonds is 13. The Morgan fingerprint density at radius 2 is 1.65 bits per heavy atom. The molecule has 1 aliphatic heterocycles. The lowest BCUT2D eigenvalue weighted by molar-refractivity contribution is 0.0405. The summed E-state index contributed by atoms with van der Waals surface area (Å²) < 4.78 is 48.2. The van der Waals surface area contributed by atoms with Crippen molar-refractivity contribution in [2.45, 2.75) is 13.3 Å². The van der Waals surface area contributed by atoms with Gasteiger partial charge in [-0.15, -0.1) is 15.3 Å². The predicted octanol–water partition coefficient (Wildman–Crippen LogP) is 5.28.